The largest absolute Gasteiger partial charge is 0.493 e. The lowest BCUT2D eigenvalue weighted by Gasteiger charge is -2.43. The molecule has 1 aliphatic heterocycles. The molecule has 2 aromatic carbocycles. The summed E-state index contributed by atoms with van der Waals surface area (Å²) in [6, 6.07) is 15.0. The van der Waals surface area contributed by atoms with Crippen molar-refractivity contribution in [2.24, 2.45) is 5.92 Å². The van der Waals surface area contributed by atoms with Crippen LogP contribution in [0.2, 0.25) is 0 Å². The summed E-state index contributed by atoms with van der Waals surface area (Å²) in [5.74, 6) is 0.515. The molecule has 1 aliphatic rings. The van der Waals surface area contributed by atoms with Gasteiger partial charge in [0.1, 0.15) is 11.6 Å². The van der Waals surface area contributed by atoms with Crippen LogP contribution in [0.1, 0.15) is 44.9 Å². The molecule has 3 nitrogen and oxygen atoms in total. The molecular formula is C24H28FNO2. The van der Waals surface area contributed by atoms with Crippen molar-refractivity contribution in [1.82, 2.24) is 4.98 Å². The molecule has 4 heteroatoms. The van der Waals surface area contributed by atoms with E-state index in [-0.39, 0.29) is 17.2 Å². The van der Waals surface area contributed by atoms with E-state index >= 15 is 0 Å². The Labute approximate surface area is 165 Å². The number of para-hydroxylation sites is 1. The highest BCUT2D eigenvalue weighted by Gasteiger charge is 2.43. The fraction of sp³-hybridized carbons (Fsp3) is 0.417. The number of hydrogen-bond donors (Lipinski definition) is 2. The van der Waals surface area contributed by atoms with E-state index in [1.54, 1.807) is 12.1 Å². The van der Waals surface area contributed by atoms with Gasteiger partial charge in [0, 0.05) is 28.6 Å². The smallest absolute Gasteiger partial charge is 0.123 e. The van der Waals surface area contributed by atoms with Crippen LogP contribution in [0.25, 0.3) is 10.9 Å². The van der Waals surface area contributed by atoms with Gasteiger partial charge in [0.2, 0.25) is 0 Å². The predicted octanol–water partition coefficient (Wildman–Crippen LogP) is 5.37. The van der Waals surface area contributed by atoms with E-state index in [1.165, 1.54) is 6.07 Å². The summed E-state index contributed by atoms with van der Waals surface area (Å²) in [4.78, 5) is 3.44. The van der Waals surface area contributed by atoms with Crippen molar-refractivity contribution in [3.05, 3.63) is 65.6 Å². The highest BCUT2D eigenvalue weighted by atomic mass is 19.1. The van der Waals surface area contributed by atoms with Crippen LogP contribution in [0.4, 0.5) is 4.39 Å². The maximum Gasteiger partial charge on any atom is 0.123 e. The summed E-state index contributed by atoms with van der Waals surface area (Å²) in [5, 5.41) is 12.9. The van der Waals surface area contributed by atoms with Crippen LogP contribution in [0.5, 0.6) is 5.75 Å². The molecule has 0 amide bonds. The molecule has 3 aromatic rings. The lowest BCUT2D eigenvalue weighted by Crippen LogP contribution is -2.45. The normalized spacial score (nSPS) is 21.4. The van der Waals surface area contributed by atoms with E-state index in [0.717, 1.165) is 34.3 Å². The minimum absolute atomic E-state index is 0.0515. The quantitative estimate of drug-likeness (QED) is 0.624. The van der Waals surface area contributed by atoms with Crippen molar-refractivity contribution in [3.8, 4) is 5.75 Å². The predicted molar refractivity (Wildman–Crippen MR) is 110 cm³/mol. The van der Waals surface area contributed by atoms with Crippen molar-refractivity contribution in [1.29, 1.82) is 0 Å². The molecule has 148 valence electrons. The first kappa shape index (κ1) is 19.0. The van der Waals surface area contributed by atoms with Crippen LogP contribution in [-0.4, -0.2) is 22.3 Å². The first-order valence-corrected chi connectivity index (χ1v) is 10.0. The zero-order valence-corrected chi connectivity index (χ0v) is 16.8. The van der Waals surface area contributed by atoms with Crippen molar-refractivity contribution in [2.75, 3.05) is 6.61 Å². The van der Waals surface area contributed by atoms with Gasteiger partial charge in [-0.25, -0.2) is 4.39 Å². The first-order chi connectivity index (χ1) is 13.3. The second-order valence-electron chi connectivity index (χ2n) is 8.79. The summed E-state index contributed by atoms with van der Waals surface area (Å²) in [5.41, 5.74) is 1.69. The number of aromatic nitrogens is 1. The third-order valence-corrected chi connectivity index (χ3v) is 6.36. The summed E-state index contributed by atoms with van der Waals surface area (Å²) >= 11 is 0. The Morgan fingerprint density at radius 1 is 1.21 bits per heavy atom. The maximum absolute atomic E-state index is 14.0. The second-order valence-corrected chi connectivity index (χ2v) is 8.79. The SMILES string of the molecule is CC(C)C(O)(Cc1cc2ccccc2[nH]1)CC1(C)CCOc2ccc(F)cc21. The van der Waals surface area contributed by atoms with E-state index < -0.39 is 5.60 Å². The van der Waals surface area contributed by atoms with Crippen molar-refractivity contribution in [3.63, 3.8) is 0 Å². The minimum atomic E-state index is -0.920. The fourth-order valence-corrected chi connectivity index (χ4v) is 4.51. The van der Waals surface area contributed by atoms with Gasteiger partial charge in [-0.3, -0.25) is 0 Å². The third-order valence-electron chi connectivity index (χ3n) is 6.36. The second kappa shape index (κ2) is 6.93. The highest BCUT2D eigenvalue weighted by molar-refractivity contribution is 5.80. The summed E-state index contributed by atoms with van der Waals surface area (Å²) in [6.07, 6.45) is 1.83. The number of ether oxygens (including phenoxy) is 1. The summed E-state index contributed by atoms with van der Waals surface area (Å²) in [6.45, 7) is 6.80. The molecule has 2 unspecified atom stereocenters. The first-order valence-electron chi connectivity index (χ1n) is 10.0. The van der Waals surface area contributed by atoms with E-state index in [9.17, 15) is 9.50 Å². The van der Waals surface area contributed by atoms with Gasteiger partial charge in [0.05, 0.1) is 12.2 Å². The molecule has 1 aromatic heterocycles. The molecule has 0 bridgehead atoms. The van der Waals surface area contributed by atoms with Crippen LogP contribution in [0.3, 0.4) is 0 Å². The molecule has 2 heterocycles. The topological polar surface area (TPSA) is 45.2 Å². The molecule has 28 heavy (non-hydrogen) atoms. The van der Waals surface area contributed by atoms with E-state index in [2.05, 4.69) is 37.9 Å². The number of benzene rings is 2. The number of rotatable bonds is 5. The Morgan fingerprint density at radius 3 is 2.75 bits per heavy atom. The molecule has 0 aliphatic carbocycles. The van der Waals surface area contributed by atoms with Crippen molar-refractivity contribution in [2.45, 2.75) is 51.0 Å². The minimum Gasteiger partial charge on any atom is -0.493 e. The van der Waals surface area contributed by atoms with Gasteiger partial charge in [0.25, 0.3) is 0 Å². The third kappa shape index (κ3) is 3.42. The van der Waals surface area contributed by atoms with Gasteiger partial charge >= 0.3 is 0 Å². The van der Waals surface area contributed by atoms with E-state index in [4.69, 9.17) is 4.74 Å². The van der Waals surface area contributed by atoms with Gasteiger partial charge in [-0.1, -0.05) is 39.0 Å². The van der Waals surface area contributed by atoms with Crippen LogP contribution < -0.4 is 4.74 Å². The molecule has 2 N–H and O–H groups in total. The standard InChI is InChI=1S/C24H28FNO2/c1-16(2)24(27,14-19-12-17-6-4-5-7-21(17)26-19)15-23(3)10-11-28-22-9-8-18(25)13-20(22)23/h4-9,12-13,16,26-27H,10-11,14-15H2,1-3H3. The molecule has 4 rings (SSSR count). The number of H-pyrrole nitrogens is 1. The van der Waals surface area contributed by atoms with Crippen LogP contribution >= 0.6 is 0 Å². The van der Waals surface area contributed by atoms with Gasteiger partial charge in [0.15, 0.2) is 0 Å². The van der Waals surface area contributed by atoms with E-state index in [0.29, 0.717) is 19.4 Å². The Balaban J connectivity index is 1.67. The lowest BCUT2D eigenvalue weighted by atomic mass is 9.66. The Bertz CT molecular complexity index is 962. The number of hydrogen-bond acceptors (Lipinski definition) is 2. The summed E-state index contributed by atoms with van der Waals surface area (Å²) in [7, 11) is 0. The van der Waals surface area contributed by atoms with E-state index in [1.807, 2.05) is 18.2 Å². The Morgan fingerprint density at radius 2 is 2.00 bits per heavy atom. The zero-order valence-electron chi connectivity index (χ0n) is 16.8. The average Bonchev–Trinajstić information content (AvgIpc) is 3.04. The molecule has 0 saturated heterocycles. The van der Waals surface area contributed by atoms with Crippen LogP contribution in [0, 0.1) is 11.7 Å². The van der Waals surface area contributed by atoms with Gasteiger partial charge in [-0.05, 0) is 54.5 Å². The number of nitrogens with one attached hydrogen (secondary N) is 1. The molecule has 0 saturated carbocycles. The van der Waals surface area contributed by atoms with Crippen LogP contribution in [-0.2, 0) is 11.8 Å². The van der Waals surface area contributed by atoms with Gasteiger partial charge in [-0.15, -0.1) is 0 Å². The van der Waals surface area contributed by atoms with Crippen molar-refractivity contribution >= 4 is 10.9 Å². The zero-order chi connectivity index (χ0) is 19.9. The number of aliphatic hydroxyl groups is 1. The average molecular weight is 381 g/mol. The summed E-state index contributed by atoms with van der Waals surface area (Å²) < 4.78 is 19.7. The highest BCUT2D eigenvalue weighted by Crippen LogP contribution is 2.46. The molecule has 0 fully saturated rings. The van der Waals surface area contributed by atoms with Gasteiger partial charge in [-0.2, -0.15) is 0 Å². The Hall–Kier alpha value is -2.33. The molecular weight excluding hydrogens is 353 g/mol. The molecule has 0 spiro atoms. The van der Waals surface area contributed by atoms with Gasteiger partial charge < -0.3 is 14.8 Å². The van der Waals surface area contributed by atoms with Crippen LogP contribution in [0.15, 0.2) is 48.5 Å². The van der Waals surface area contributed by atoms with Crippen molar-refractivity contribution < 1.29 is 14.2 Å². The number of halogens is 1. The fourth-order valence-electron chi connectivity index (χ4n) is 4.51. The number of aromatic amines is 1. The number of fused-ring (bicyclic) bond motifs is 2. The lowest BCUT2D eigenvalue weighted by molar-refractivity contribution is -0.0361. The maximum atomic E-state index is 14.0. The monoisotopic (exact) mass is 381 g/mol. The molecule has 0 radical (unpaired) electrons. The Kier molecular flexibility index (Phi) is 4.70. The molecule has 2 atom stereocenters.